The average molecular weight is 421 g/mol. The van der Waals surface area contributed by atoms with E-state index in [1.165, 1.54) is 28.8 Å². The maximum Gasteiger partial charge on any atom is 0.268 e. The Labute approximate surface area is 179 Å². The molecule has 7 heteroatoms. The lowest BCUT2D eigenvalue weighted by molar-refractivity contribution is 0.0446. The van der Waals surface area contributed by atoms with E-state index in [1.807, 2.05) is 6.07 Å². The van der Waals surface area contributed by atoms with E-state index < -0.39 is 17.5 Å². The molecule has 1 aromatic carbocycles. The van der Waals surface area contributed by atoms with Gasteiger partial charge in [0.1, 0.15) is 11.4 Å². The normalized spacial score (nSPS) is 15.6. The van der Waals surface area contributed by atoms with Gasteiger partial charge in [-0.3, -0.25) is 19.1 Å². The number of carbonyl (C=O) groups is 1. The molecule has 3 aromatic rings. The van der Waals surface area contributed by atoms with Crippen molar-refractivity contribution < 1.29 is 14.3 Å². The predicted octanol–water partition coefficient (Wildman–Crippen LogP) is 3.27. The molecular weight excluding hydrogens is 397 g/mol. The molecule has 0 radical (unpaired) electrons. The van der Waals surface area contributed by atoms with Crippen LogP contribution in [0, 0.1) is 18.7 Å². The van der Waals surface area contributed by atoms with Gasteiger partial charge >= 0.3 is 0 Å². The van der Waals surface area contributed by atoms with E-state index in [-0.39, 0.29) is 17.4 Å². The lowest BCUT2D eigenvalue weighted by atomic mass is 9.89. The molecule has 0 aliphatic carbocycles. The third-order valence-electron chi connectivity index (χ3n) is 5.88. The number of likely N-dealkylation sites (tertiary alicyclic amines) is 1. The Morgan fingerprint density at radius 1 is 1.13 bits per heavy atom. The summed E-state index contributed by atoms with van der Waals surface area (Å²) in [5.74, 6) is -0.701. The first kappa shape index (κ1) is 20.9. The summed E-state index contributed by atoms with van der Waals surface area (Å²) in [6.07, 6.45) is 3.83. The van der Waals surface area contributed by atoms with E-state index in [1.54, 1.807) is 42.4 Å². The Hall–Kier alpha value is -3.32. The summed E-state index contributed by atoms with van der Waals surface area (Å²) in [5, 5.41) is 10.6. The largest absolute Gasteiger partial charge is 0.387 e. The van der Waals surface area contributed by atoms with Crippen molar-refractivity contribution in [2.45, 2.75) is 25.9 Å². The van der Waals surface area contributed by atoms with E-state index in [4.69, 9.17) is 0 Å². The number of aliphatic hydroxyl groups is 1. The number of hydrogen-bond acceptors (Lipinski definition) is 4. The minimum atomic E-state index is -0.674. The molecule has 0 bridgehead atoms. The van der Waals surface area contributed by atoms with Gasteiger partial charge in [0, 0.05) is 31.2 Å². The molecule has 1 aliphatic heterocycles. The first-order valence-corrected chi connectivity index (χ1v) is 10.3. The van der Waals surface area contributed by atoms with E-state index in [9.17, 15) is 19.1 Å². The topological polar surface area (TPSA) is 75.4 Å². The van der Waals surface area contributed by atoms with Crippen LogP contribution in [0.25, 0.3) is 5.69 Å². The van der Waals surface area contributed by atoms with Gasteiger partial charge < -0.3 is 10.0 Å². The van der Waals surface area contributed by atoms with E-state index in [0.717, 1.165) is 0 Å². The monoisotopic (exact) mass is 421 g/mol. The predicted molar refractivity (Wildman–Crippen MR) is 115 cm³/mol. The molecule has 1 aliphatic rings. The van der Waals surface area contributed by atoms with Gasteiger partial charge in [-0.25, -0.2) is 4.39 Å². The van der Waals surface area contributed by atoms with Gasteiger partial charge in [0.05, 0.1) is 11.8 Å². The highest BCUT2D eigenvalue weighted by Crippen LogP contribution is 2.30. The maximum absolute atomic E-state index is 13.2. The first-order valence-electron chi connectivity index (χ1n) is 10.3. The van der Waals surface area contributed by atoms with Crippen LogP contribution < -0.4 is 5.56 Å². The molecule has 0 saturated carbocycles. The highest BCUT2D eigenvalue weighted by atomic mass is 19.1. The average Bonchev–Trinajstić information content (AvgIpc) is 2.80. The molecule has 6 nitrogen and oxygen atoms in total. The second kappa shape index (κ2) is 8.81. The van der Waals surface area contributed by atoms with Crippen molar-refractivity contribution in [3.8, 4) is 5.69 Å². The summed E-state index contributed by atoms with van der Waals surface area (Å²) >= 11 is 0. The number of hydrogen-bond donors (Lipinski definition) is 1. The number of aliphatic hydroxyl groups excluding tert-OH is 1. The van der Waals surface area contributed by atoms with Gasteiger partial charge in [0.25, 0.3) is 11.5 Å². The van der Waals surface area contributed by atoms with Crippen molar-refractivity contribution in [1.29, 1.82) is 0 Å². The van der Waals surface area contributed by atoms with Crippen molar-refractivity contribution in [2.75, 3.05) is 13.1 Å². The molecule has 1 amide bonds. The molecule has 3 heterocycles. The fraction of sp³-hybridized carbons (Fsp3) is 0.292. The van der Waals surface area contributed by atoms with E-state index in [0.29, 0.717) is 42.9 Å². The van der Waals surface area contributed by atoms with Crippen LogP contribution in [0.15, 0.2) is 65.7 Å². The number of nitrogens with zero attached hydrogens (tertiary/aromatic N) is 3. The Bertz CT molecular complexity index is 1120. The molecule has 1 unspecified atom stereocenters. The number of aryl methyl sites for hydroxylation is 1. The van der Waals surface area contributed by atoms with Crippen LogP contribution >= 0.6 is 0 Å². The summed E-state index contributed by atoms with van der Waals surface area (Å²) < 4.78 is 14.6. The van der Waals surface area contributed by atoms with Crippen molar-refractivity contribution in [3.05, 3.63) is 93.9 Å². The van der Waals surface area contributed by atoms with Gasteiger partial charge in [-0.05, 0) is 73.7 Å². The smallest absolute Gasteiger partial charge is 0.268 e. The zero-order chi connectivity index (χ0) is 22.0. The Balaban J connectivity index is 1.52. The van der Waals surface area contributed by atoms with Crippen LogP contribution in [0.4, 0.5) is 4.39 Å². The Morgan fingerprint density at radius 3 is 2.48 bits per heavy atom. The number of amides is 1. The third-order valence-corrected chi connectivity index (χ3v) is 5.88. The zero-order valence-corrected chi connectivity index (χ0v) is 17.2. The summed E-state index contributed by atoms with van der Waals surface area (Å²) in [4.78, 5) is 32.2. The molecule has 1 N–H and O–H groups in total. The summed E-state index contributed by atoms with van der Waals surface area (Å²) in [7, 11) is 0. The van der Waals surface area contributed by atoms with Crippen LogP contribution in [-0.2, 0) is 0 Å². The maximum atomic E-state index is 13.2. The fourth-order valence-corrected chi connectivity index (χ4v) is 4.06. The summed E-state index contributed by atoms with van der Waals surface area (Å²) in [6, 6.07) is 12.7. The lowest BCUT2D eigenvalue weighted by Gasteiger charge is -2.34. The number of aromatic nitrogens is 2. The molecule has 160 valence electrons. The van der Waals surface area contributed by atoms with Crippen LogP contribution in [-0.4, -0.2) is 38.6 Å². The van der Waals surface area contributed by atoms with Gasteiger partial charge in [-0.1, -0.05) is 6.07 Å². The molecule has 1 saturated heterocycles. The molecule has 31 heavy (non-hydrogen) atoms. The summed E-state index contributed by atoms with van der Waals surface area (Å²) in [6.45, 7) is 2.65. The van der Waals surface area contributed by atoms with E-state index >= 15 is 0 Å². The highest BCUT2D eigenvalue weighted by molar-refractivity contribution is 5.95. The van der Waals surface area contributed by atoms with Crippen LogP contribution in [0.1, 0.15) is 40.6 Å². The second-order valence-electron chi connectivity index (χ2n) is 7.85. The molecule has 4 rings (SSSR count). The Kier molecular flexibility index (Phi) is 5.95. The van der Waals surface area contributed by atoms with Crippen molar-refractivity contribution in [2.24, 2.45) is 5.92 Å². The number of rotatable bonds is 4. The quantitative estimate of drug-likeness (QED) is 0.702. The van der Waals surface area contributed by atoms with Crippen molar-refractivity contribution in [3.63, 3.8) is 0 Å². The number of piperidine rings is 1. The minimum Gasteiger partial charge on any atom is -0.387 e. The molecule has 2 aromatic heterocycles. The van der Waals surface area contributed by atoms with Crippen LogP contribution in [0.2, 0.25) is 0 Å². The molecule has 1 atom stereocenters. The Morgan fingerprint density at radius 2 is 1.84 bits per heavy atom. The van der Waals surface area contributed by atoms with Crippen molar-refractivity contribution >= 4 is 5.91 Å². The number of carbonyl (C=O) groups excluding carboxylic acids is 1. The van der Waals surface area contributed by atoms with Gasteiger partial charge in [-0.15, -0.1) is 0 Å². The highest BCUT2D eigenvalue weighted by Gasteiger charge is 2.31. The lowest BCUT2D eigenvalue weighted by Crippen LogP contribution is -2.42. The number of benzene rings is 1. The second-order valence-corrected chi connectivity index (χ2v) is 7.85. The molecule has 1 fully saturated rings. The van der Waals surface area contributed by atoms with Crippen LogP contribution in [0.5, 0.6) is 0 Å². The number of halogens is 1. The van der Waals surface area contributed by atoms with Gasteiger partial charge in [-0.2, -0.15) is 0 Å². The minimum absolute atomic E-state index is 0.00620. The SMILES string of the molecule is Cc1ccn(-c2ccc(F)cc2)c(=O)c1C(=O)N1CCC(C(O)c2ccccn2)CC1. The molecular formula is C24H24FN3O3. The van der Waals surface area contributed by atoms with Gasteiger partial charge in [0.2, 0.25) is 0 Å². The first-order chi connectivity index (χ1) is 15.0. The molecule has 0 spiro atoms. The standard InChI is InChI=1S/C24H24FN3O3/c1-16-9-15-28(19-7-5-18(25)6-8-19)24(31)21(16)23(30)27-13-10-17(11-14-27)22(29)20-4-2-3-12-26-20/h2-9,12,15,17,22,29H,10-11,13-14H2,1H3. The zero-order valence-electron chi connectivity index (χ0n) is 17.2. The fourth-order valence-electron chi connectivity index (χ4n) is 4.06. The third kappa shape index (κ3) is 4.27. The summed E-state index contributed by atoms with van der Waals surface area (Å²) in [5.41, 5.74) is 1.43. The van der Waals surface area contributed by atoms with Crippen molar-refractivity contribution in [1.82, 2.24) is 14.5 Å². The van der Waals surface area contributed by atoms with E-state index in [2.05, 4.69) is 4.98 Å². The van der Waals surface area contributed by atoms with Crippen LogP contribution in [0.3, 0.4) is 0 Å². The number of pyridine rings is 2. The van der Waals surface area contributed by atoms with Gasteiger partial charge in [0.15, 0.2) is 0 Å².